The average molecular weight is 255 g/mol. The molecule has 2 rings (SSSR count). The highest BCUT2D eigenvalue weighted by atomic mass is 14.9. The van der Waals surface area contributed by atoms with E-state index in [0.717, 1.165) is 13.0 Å². The van der Waals surface area contributed by atoms with E-state index in [4.69, 9.17) is 0 Å². The van der Waals surface area contributed by atoms with E-state index in [1.165, 1.54) is 25.7 Å². The summed E-state index contributed by atoms with van der Waals surface area (Å²) in [6.07, 6.45) is 6.00. The predicted molar refractivity (Wildman–Crippen MR) is 82.3 cm³/mol. The van der Waals surface area contributed by atoms with Crippen LogP contribution in [-0.2, 0) is 6.42 Å². The zero-order chi connectivity index (χ0) is 13.5. The van der Waals surface area contributed by atoms with Crippen molar-refractivity contribution in [2.24, 2.45) is 0 Å². The molecule has 0 amide bonds. The van der Waals surface area contributed by atoms with Crippen LogP contribution in [0, 0.1) is 11.8 Å². The lowest BCUT2D eigenvalue weighted by Crippen LogP contribution is -2.36. The van der Waals surface area contributed by atoms with Gasteiger partial charge in [0.25, 0.3) is 0 Å². The third-order valence-electron chi connectivity index (χ3n) is 4.06. The summed E-state index contributed by atoms with van der Waals surface area (Å²) in [6, 6.07) is 9.47. The molecule has 19 heavy (non-hydrogen) atoms. The second-order valence-electron chi connectivity index (χ2n) is 5.39. The lowest BCUT2D eigenvalue weighted by Gasteiger charge is -2.32. The van der Waals surface area contributed by atoms with Gasteiger partial charge in [-0.3, -0.25) is 0 Å². The minimum Gasteiger partial charge on any atom is -0.312 e. The molecule has 1 aliphatic carbocycles. The van der Waals surface area contributed by atoms with Crippen LogP contribution >= 0.6 is 0 Å². The van der Waals surface area contributed by atoms with Crippen molar-refractivity contribution >= 4 is 0 Å². The van der Waals surface area contributed by atoms with Crippen molar-refractivity contribution in [1.29, 1.82) is 0 Å². The fourth-order valence-corrected chi connectivity index (χ4v) is 3.11. The smallest absolute Gasteiger partial charge is 0.0249 e. The van der Waals surface area contributed by atoms with E-state index < -0.39 is 0 Å². The highest BCUT2D eigenvalue weighted by Crippen LogP contribution is 2.34. The molecule has 1 aliphatic rings. The van der Waals surface area contributed by atoms with Crippen molar-refractivity contribution in [3.8, 4) is 11.8 Å². The summed E-state index contributed by atoms with van der Waals surface area (Å²) < 4.78 is 0. The molecule has 2 unspecified atom stereocenters. The second kappa shape index (κ2) is 7.36. The molecule has 1 heteroatoms. The van der Waals surface area contributed by atoms with Crippen LogP contribution in [0.5, 0.6) is 0 Å². The fourth-order valence-electron chi connectivity index (χ4n) is 3.11. The van der Waals surface area contributed by atoms with Crippen molar-refractivity contribution in [3.05, 3.63) is 35.4 Å². The minimum atomic E-state index is 0.508. The molecule has 2 atom stereocenters. The van der Waals surface area contributed by atoms with Crippen molar-refractivity contribution in [3.63, 3.8) is 0 Å². The number of rotatable bonds is 5. The third kappa shape index (κ3) is 3.61. The Labute approximate surface area is 117 Å². The Morgan fingerprint density at radius 1 is 1.37 bits per heavy atom. The van der Waals surface area contributed by atoms with Crippen LogP contribution in [0.2, 0.25) is 0 Å². The van der Waals surface area contributed by atoms with E-state index in [-0.39, 0.29) is 0 Å². The van der Waals surface area contributed by atoms with Crippen LogP contribution in [0.1, 0.15) is 56.6 Å². The lowest BCUT2D eigenvalue weighted by atomic mass is 9.78. The van der Waals surface area contributed by atoms with Crippen molar-refractivity contribution in [2.75, 3.05) is 6.54 Å². The van der Waals surface area contributed by atoms with Gasteiger partial charge in [-0.1, -0.05) is 31.2 Å². The van der Waals surface area contributed by atoms with Gasteiger partial charge >= 0.3 is 0 Å². The first-order chi connectivity index (χ1) is 9.36. The first-order valence-electron chi connectivity index (χ1n) is 7.57. The Kier molecular flexibility index (Phi) is 5.48. The molecule has 0 saturated carbocycles. The van der Waals surface area contributed by atoms with Gasteiger partial charge in [-0.05, 0) is 50.3 Å². The Bertz CT molecular complexity index is 452. The van der Waals surface area contributed by atoms with Crippen LogP contribution in [0.15, 0.2) is 24.3 Å². The maximum Gasteiger partial charge on any atom is 0.0249 e. The molecule has 0 radical (unpaired) electrons. The molecular formula is C18H25N. The monoisotopic (exact) mass is 255 g/mol. The first kappa shape index (κ1) is 14.2. The van der Waals surface area contributed by atoms with E-state index in [0.29, 0.717) is 12.0 Å². The van der Waals surface area contributed by atoms with Crippen LogP contribution < -0.4 is 5.32 Å². The van der Waals surface area contributed by atoms with Gasteiger partial charge in [-0.2, -0.15) is 0 Å². The van der Waals surface area contributed by atoms with E-state index >= 15 is 0 Å². The highest BCUT2D eigenvalue weighted by Gasteiger charge is 2.26. The molecular weight excluding hydrogens is 230 g/mol. The largest absolute Gasteiger partial charge is 0.312 e. The molecule has 0 saturated heterocycles. The van der Waals surface area contributed by atoms with Crippen molar-refractivity contribution in [1.82, 2.24) is 5.32 Å². The third-order valence-corrected chi connectivity index (χ3v) is 4.06. The van der Waals surface area contributed by atoms with E-state index in [1.807, 2.05) is 6.92 Å². The summed E-state index contributed by atoms with van der Waals surface area (Å²) in [6.45, 7) is 5.25. The number of nitrogens with one attached hydrogen (secondary N) is 1. The fraction of sp³-hybridized carbons (Fsp3) is 0.556. The maximum atomic E-state index is 3.71. The number of benzene rings is 1. The summed E-state index contributed by atoms with van der Waals surface area (Å²) in [5.74, 6) is 6.96. The lowest BCUT2D eigenvalue weighted by molar-refractivity contribution is 0.397. The normalized spacial score (nSPS) is 19.2. The Morgan fingerprint density at radius 3 is 3.00 bits per heavy atom. The molecule has 1 aromatic carbocycles. The van der Waals surface area contributed by atoms with Gasteiger partial charge in [-0.25, -0.2) is 0 Å². The Morgan fingerprint density at radius 2 is 2.21 bits per heavy atom. The molecule has 0 aliphatic heterocycles. The maximum absolute atomic E-state index is 3.71. The average Bonchev–Trinajstić information content (AvgIpc) is 2.47. The molecule has 102 valence electrons. The Hall–Kier alpha value is -1.26. The van der Waals surface area contributed by atoms with E-state index in [1.54, 1.807) is 11.1 Å². The van der Waals surface area contributed by atoms with E-state index in [9.17, 15) is 0 Å². The highest BCUT2D eigenvalue weighted by molar-refractivity contribution is 5.34. The zero-order valence-electron chi connectivity index (χ0n) is 12.2. The summed E-state index contributed by atoms with van der Waals surface area (Å²) in [7, 11) is 0. The van der Waals surface area contributed by atoms with Gasteiger partial charge in [-0.15, -0.1) is 11.8 Å². The quantitative estimate of drug-likeness (QED) is 0.787. The van der Waals surface area contributed by atoms with Gasteiger partial charge in [0.05, 0.1) is 0 Å². The molecule has 1 nitrogen and oxygen atoms in total. The summed E-state index contributed by atoms with van der Waals surface area (Å²) in [5.41, 5.74) is 3.10. The van der Waals surface area contributed by atoms with Gasteiger partial charge in [0.15, 0.2) is 0 Å². The predicted octanol–water partition coefficient (Wildman–Crippen LogP) is 3.89. The zero-order valence-corrected chi connectivity index (χ0v) is 12.2. The Balaban J connectivity index is 2.18. The number of fused-ring (bicyclic) bond motifs is 1. The van der Waals surface area contributed by atoms with Crippen molar-refractivity contribution < 1.29 is 0 Å². The van der Waals surface area contributed by atoms with Crippen LogP contribution in [0.4, 0.5) is 0 Å². The minimum absolute atomic E-state index is 0.508. The van der Waals surface area contributed by atoms with Crippen LogP contribution in [0.25, 0.3) is 0 Å². The van der Waals surface area contributed by atoms with Crippen LogP contribution in [0.3, 0.4) is 0 Å². The van der Waals surface area contributed by atoms with E-state index in [2.05, 4.69) is 48.3 Å². The number of hydrogen-bond acceptors (Lipinski definition) is 1. The van der Waals surface area contributed by atoms with Gasteiger partial charge in [0.2, 0.25) is 0 Å². The number of aryl methyl sites for hydroxylation is 1. The molecule has 0 bridgehead atoms. The van der Waals surface area contributed by atoms with Gasteiger partial charge in [0, 0.05) is 18.4 Å². The summed E-state index contributed by atoms with van der Waals surface area (Å²) in [4.78, 5) is 0. The second-order valence-corrected chi connectivity index (χ2v) is 5.39. The topological polar surface area (TPSA) is 12.0 Å². The van der Waals surface area contributed by atoms with Gasteiger partial charge in [0.1, 0.15) is 0 Å². The first-order valence-corrected chi connectivity index (χ1v) is 7.57. The molecule has 0 aromatic heterocycles. The van der Waals surface area contributed by atoms with Gasteiger partial charge < -0.3 is 5.32 Å². The van der Waals surface area contributed by atoms with Crippen molar-refractivity contribution in [2.45, 2.75) is 57.9 Å². The molecule has 0 fully saturated rings. The summed E-state index contributed by atoms with van der Waals surface area (Å²) >= 11 is 0. The molecule has 0 spiro atoms. The van der Waals surface area contributed by atoms with Crippen LogP contribution in [-0.4, -0.2) is 12.6 Å². The SMILES string of the molecule is CC#CCC(NCCC)C1CCCc2ccccc21. The standard InChI is InChI=1S/C18H25N/c1-3-5-13-18(19-14-4-2)17-12-8-10-15-9-6-7-11-16(15)17/h6-7,9,11,17-19H,4,8,10,12-14H2,1-2H3. The summed E-state index contributed by atoms with van der Waals surface area (Å²) in [5, 5.41) is 3.71. The molecule has 0 heterocycles. The molecule has 1 aromatic rings. The number of hydrogen-bond donors (Lipinski definition) is 1. The molecule has 1 N–H and O–H groups in total.